The van der Waals surface area contributed by atoms with Crippen LogP contribution in [0.1, 0.15) is 5.56 Å². The van der Waals surface area contributed by atoms with Crippen LogP contribution in [-0.4, -0.2) is 70.4 Å². The summed E-state index contributed by atoms with van der Waals surface area (Å²) in [7, 11) is -0.209. The van der Waals surface area contributed by atoms with E-state index >= 15 is 0 Å². The number of anilines is 1. The number of methoxy groups -OCH3 is 1. The molecule has 1 aliphatic rings. The molecule has 2 aromatic carbocycles. The van der Waals surface area contributed by atoms with Gasteiger partial charge >= 0.3 is 0 Å². The number of aryl methyl sites for hydroxylation is 1. The summed E-state index contributed by atoms with van der Waals surface area (Å²) in [6.07, 6.45) is 0. The Kier molecular flexibility index (Phi) is 6.56. The van der Waals surface area contributed by atoms with Crippen LogP contribution in [0.3, 0.4) is 0 Å². The van der Waals surface area contributed by atoms with Crippen molar-refractivity contribution in [3.05, 3.63) is 54.1 Å². The Morgan fingerprint density at radius 1 is 1.03 bits per heavy atom. The number of piperazine rings is 1. The lowest BCUT2D eigenvalue weighted by Crippen LogP contribution is -2.51. The van der Waals surface area contributed by atoms with E-state index in [1.165, 1.54) is 4.31 Å². The average Bonchev–Trinajstić information content (AvgIpc) is 2.73. The normalized spacial score (nSPS) is 15.8. The number of para-hydroxylation sites is 2. The number of amides is 1. The van der Waals surface area contributed by atoms with Crippen molar-refractivity contribution in [3.63, 3.8) is 0 Å². The van der Waals surface area contributed by atoms with Crippen LogP contribution in [0.2, 0.25) is 0 Å². The van der Waals surface area contributed by atoms with Crippen molar-refractivity contribution in [2.45, 2.75) is 11.8 Å². The van der Waals surface area contributed by atoms with Crippen LogP contribution in [-0.2, 0) is 14.8 Å². The van der Waals surface area contributed by atoms with E-state index in [0.29, 0.717) is 42.5 Å². The fourth-order valence-corrected chi connectivity index (χ4v) is 4.75. The van der Waals surface area contributed by atoms with Crippen molar-refractivity contribution in [2.24, 2.45) is 0 Å². The Hall–Kier alpha value is -2.42. The molecular weight excluding hydrogens is 390 g/mol. The number of hydrogen-bond acceptors (Lipinski definition) is 5. The maximum absolute atomic E-state index is 12.8. The van der Waals surface area contributed by atoms with Crippen LogP contribution in [0.4, 0.5) is 5.69 Å². The summed E-state index contributed by atoms with van der Waals surface area (Å²) in [5.74, 6) is 0.571. The minimum Gasteiger partial charge on any atom is -0.495 e. The zero-order valence-corrected chi connectivity index (χ0v) is 17.9. The number of benzene rings is 2. The van der Waals surface area contributed by atoms with E-state index in [9.17, 15) is 13.2 Å². The van der Waals surface area contributed by atoms with Gasteiger partial charge in [0.05, 0.1) is 24.2 Å². The minimum atomic E-state index is -3.50. The number of sulfonamides is 1. The van der Waals surface area contributed by atoms with Gasteiger partial charge in [0, 0.05) is 33.2 Å². The molecule has 0 saturated carbocycles. The van der Waals surface area contributed by atoms with Crippen molar-refractivity contribution in [3.8, 4) is 5.75 Å². The van der Waals surface area contributed by atoms with Gasteiger partial charge in [0.1, 0.15) is 5.75 Å². The summed E-state index contributed by atoms with van der Waals surface area (Å²) in [5, 5.41) is 0. The predicted molar refractivity (Wildman–Crippen MR) is 113 cm³/mol. The number of likely N-dealkylation sites (N-methyl/N-ethyl adjacent to an activating group) is 1. The molecule has 0 atom stereocenters. The Bertz CT molecular complexity index is 952. The fraction of sp³-hybridized carbons (Fsp3) is 0.381. The number of carbonyl (C=O) groups is 1. The molecule has 156 valence electrons. The first-order valence-corrected chi connectivity index (χ1v) is 11.0. The molecule has 0 aliphatic carbocycles. The van der Waals surface area contributed by atoms with E-state index in [2.05, 4.69) is 0 Å². The van der Waals surface area contributed by atoms with E-state index in [4.69, 9.17) is 4.74 Å². The monoisotopic (exact) mass is 417 g/mol. The highest BCUT2D eigenvalue weighted by Crippen LogP contribution is 2.26. The van der Waals surface area contributed by atoms with Crippen molar-refractivity contribution in [1.82, 2.24) is 9.21 Å². The van der Waals surface area contributed by atoms with Crippen LogP contribution < -0.4 is 9.64 Å². The van der Waals surface area contributed by atoms with E-state index in [1.807, 2.05) is 36.1 Å². The third-order valence-corrected chi connectivity index (χ3v) is 7.08. The van der Waals surface area contributed by atoms with Crippen molar-refractivity contribution >= 4 is 21.6 Å². The molecule has 8 heteroatoms. The molecule has 1 amide bonds. The number of rotatable bonds is 6. The Morgan fingerprint density at radius 2 is 1.66 bits per heavy atom. The Balaban J connectivity index is 1.59. The smallest absolute Gasteiger partial charge is 0.243 e. The van der Waals surface area contributed by atoms with Gasteiger partial charge in [-0.25, -0.2) is 8.42 Å². The number of hydrogen-bond donors (Lipinski definition) is 0. The van der Waals surface area contributed by atoms with E-state index < -0.39 is 10.0 Å². The van der Waals surface area contributed by atoms with Gasteiger partial charge in [-0.05, 0) is 31.2 Å². The first-order valence-electron chi connectivity index (χ1n) is 9.51. The van der Waals surface area contributed by atoms with E-state index in [1.54, 1.807) is 43.3 Å². The SMILES string of the molecule is COc1ccccc1N(C)C(=O)CN1CCN(S(=O)(=O)c2ccc(C)cc2)CC1. The van der Waals surface area contributed by atoms with Crippen molar-refractivity contribution in [2.75, 3.05) is 51.8 Å². The number of carbonyl (C=O) groups excluding carboxylic acids is 1. The van der Waals surface area contributed by atoms with Gasteiger partial charge in [0.2, 0.25) is 15.9 Å². The molecule has 1 saturated heterocycles. The zero-order valence-electron chi connectivity index (χ0n) is 17.0. The molecule has 0 bridgehead atoms. The van der Waals surface area contributed by atoms with Crippen LogP contribution >= 0.6 is 0 Å². The molecule has 0 radical (unpaired) electrons. The summed E-state index contributed by atoms with van der Waals surface area (Å²) in [6, 6.07) is 14.2. The van der Waals surface area contributed by atoms with Crippen molar-refractivity contribution < 1.29 is 17.9 Å². The molecule has 7 nitrogen and oxygen atoms in total. The third kappa shape index (κ3) is 4.77. The van der Waals surface area contributed by atoms with Gasteiger partial charge in [0.15, 0.2) is 0 Å². The van der Waals surface area contributed by atoms with Gasteiger partial charge in [-0.2, -0.15) is 4.31 Å². The van der Waals surface area contributed by atoms with Crippen molar-refractivity contribution in [1.29, 1.82) is 0 Å². The first-order chi connectivity index (χ1) is 13.8. The topological polar surface area (TPSA) is 70.2 Å². The quantitative estimate of drug-likeness (QED) is 0.719. The molecule has 0 unspecified atom stereocenters. The summed E-state index contributed by atoms with van der Waals surface area (Å²) in [5.41, 5.74) is 1.73. The second-order valence-corrected chi connectivity index (χ2v) is 9.06. The Labute approximate surface area is 172 Å². The second-order valence-electron chi connectivity index (χ2n) is 7.12. The standard InChI is InChI=1S/C21H27N3O4S/c1-17-8-10-18(11-9-17)29(26,27)24-14-12-23(13-15-24)16-21(25)22(2)19-6-4-5-7-20(19)28-3/h4-11H,12-16H2,1-3H3. The van der Waals surface area contributed by atoms with Crippen LogP contribution in [0.25, 0.3) is 0 Å². The molecule has 0 spiro atoms. The molecule has 29 heavy (non-hydrogen) atoms. The van der Waals surface area contributed by atoms with E-state index in [-0.39, 0.29) is 12.5 Å². The van der Waals surface area contributed by atoms with E-state index in [0.717, 1.165) is 5.56 Å². The first kappa shape index (κ1) is 21.3. The highest BCUT2D eigenvalue weighted by molar-refractivity contribution is 7.89. The highest BCUT2D eigenvalue weighted by Gasteiger charge is 2.29. The summed E-state index contributed by atoms with van der Waals surface area (Å²) in [6.45, 7) is 3.90. The van der Waals surface area contributed by atoms with Gasteiger partial charge < -0.3 is 9.64 Å². The lowest BCUT2D eigenvalue weighted by molar-refractivity contribution is -0.119. The summed E-state index contributed by atoms with van der Waals surface area (Å²) in [4.78, 5) is 16.6. The van der Waals surface area contributed by atoms with Crippen LogP contribution in [0, 0.1) is 6.92 Å². The van der Waals surface area contributed by atoms with Gasteiger partial charge in [-0.3, -0.25) is 9.69 Å². The van der Waals surface area contributed by atoms with Crippen LogP contribution in [0.5, 0.6) is 5.75 Å². The number of ether oxygens (including phenoxy) is 1. The highest BCUT2D eigenvalue weighted by atomic mass is 32.2. The zero-order chi connectivity index (χ0) is 21.0. The van der Waals surface area contributed by atoms with Crippen LogP contribution in [0.15, 0.2) is 53.4 Å². The maximum atomic E-state index is 12.8. The molecule has 3 rings (SSSR count). The largest absolute Gasteiger partial charge is 0.495 e. The number of nitrogens with zero attached hydrogens (tertiary/aromatic N) is 3. The lowest BCUT2D eigenvalue weighted by Gasteiger charge is -2.34. The molecule has 0 aromatic heterocycles. The van der Waals surface area contributed by atoms with Gasteiger partial charge in [-0.1, -0.05) is 29.8 Å². The molecule has 1 aliphatic heterocycles. The second kappa shape index (κ2) is 8.94. The third-order valence-electron chi connectivity index (χ3n) is 5.17. The molecular formula is C21H27N3O4S. The summed E-state index contributed by atoms with van der Waals surface area (Å²) >= 11 is 0. The van der Waals surface area contributed by atoms with Gasteiger partial charge in [0.25, 0.3) is 0 Å². The molecule has 1 heterocycles. The minimum absolute atomic E-state index is 0.0654. The molecule has 2 aromatic rings. The maximum Gasteiger partial charge on any atom is 0.243 e. The molecule has 0 N–H and O–H groups in total. The van der Waals surface area contributed by atoms with Gasteiger partial charge in [-0.15, -0.1) is 0 Å². The summed E-state index contributed by atoms with van der Waals surface area (Å²) < 4.78 is 32.4. The average molecular weight is 418 g/mol. The molecule has 1 fully saturated rings. The lowest BCUT2D eigenvalue weighted by atomic mass is 10.2. The predicted octanol–water partition coefficient (Wildman–Crippen LogP) is 1.97. The Morgan fingerprint density at radius 3 is 2.28 bits per heavy atom. The fourth-order valence-electron chi connectivity index (χ4n) is 3.33.